The van der Waals surface area contributed by atoms with Gasteiger partial charge in [-0.1, -0.05) is 30.4 Å². The molecule has 0 fully saturated rings. The van der Waals surface area contributed by atoms with Gasteiger partial charge in [-0.2, -0.15) is 26.3 Å². The van der Waals surface area contributed by atoms with Crippen molar-refractivity contribution in [3.8, 4) is 0 Å². The summed E-state index contributed by atoms with van der Waals surface area (Å²) < 4.78 is 83.4. The third kappa shape index (κ3) is 3.78. The highest BCUT2D eigenvalue weighted by atomic mass is 35.5. The molecule has 1 atom stereocenters. The highest BCUT2D eigenvalue weighted by Crippen LogP contribution is 2.58. The molecule has 0 bridgehead atoms. The Hall–Kier alpha value is -1.80. The number of carbonyl (C=O) groups excluding carboxylic acids is 2. The molecule has 0 heterocycles. The Labute approximate surface area is 159 Å². The summed E-state index contributed by atoms with van der Waals surface area (Å²) in [5, 5.41) is -2.00. The molecule has 1 aromatic carbocycles. The Balaban J connectivity index is 2.68. The van der Waals surface area contributed by atoms with E-state index in [9.17, 15) is 35.9 Å². The van der Waals surface area contributed by atoms with Crippen LogP contribution in [0.3, 0.4) is 0 Å². The molecule has 0 N–H and O–H groups in total. The molecule has 2 rings (SSSR count). The van der Waals surface area contributed by atoms with Crippen LogP contribution in [0.2, 0.25) is 0 Å². The van der Waals surface area contributed by atoms with Crippen LogP contribution in [0.15, 0.2) is 48.1 Å². The van der Waals surface area contributed by atoms with Gasteiger partial charge in [0.25, 0.3) is 10.5 Å². The van der Waals surface area contributed by atoms with E-state index in [1.807, 2.05) is 0 Å². The maximum absolute atomic E-state index is 13.9. The van der Waals surface area contributed by atoms with Gasteiger partial charge in [0.2, 0.25) is 0 Å². The van der Waals surface area contributed by atoms with Gasteiger partial charge in [0, 0.05) is 17.1 Å². The van der Waals surface area contributed by atoms with Gasteiger partial charge in [0.05, 0.1) is 0 Å². The van der Waals surface area contributed by atoms with Crippen molar-refractivity contribution in [1.82, 2.24) is 0 Å². The average molecular weight is 431 g/mol. The van der Waals surface area contributed by atoms with Gasteiger partial charge in [0.15, 0.2) is 5.41 Å². The van der Waals surface area contributed by atoms with Crippen LogP contribution >= 0.6 is 23.2 Å². The van der Waals surface area contributed by atoms with E-state index in [-0.39, 0.29) is 11.1 Å². The molecule has 146 valence electrons. The Bertz CT molecular complexity index is 792. The van der Waals surface area contributed by atoms with Crippen LogP contribution in [0.25, 0.3) is 0 Å². The van der Waals surface area contributed by atoms with E-state index in [4.69, 9.17) is 23.2 Å². The maximum atomic E-state index is 13.9. The van der Waals surface area contributed by atoms with Crippen LogP contribution in [0.1, 0.15) is 22.3 Å². The summed E-state index contributed by atoms with van der Waals surface area (Å²) >= 11 is 10.4. The van der Waals surface area contributed by atoms with Gasteiger partial charge >= 0.3 is 12.4 Å². The number of halogens is 8. The fourth-order valence-electron chi connectivity index (χ4n) is 3.07. The molecule has 1 aliphatic rings. The first-order valence-electron chi connectivity index (χ1n) is 7.34. The fraction of sp³-hybridized carbons (Fsp3) is 0.294. The number of alkyl halides is 6. The predicted molar refractivity (Wildman–Crippen MR) is 86.6 cm³/mol. The third-order valence-electron chi connectivity index (χ3n) is 4.34. The minimum absolute atomic E-state index is 0.186. The molecule has 0 saturated heterocycles. The van der Waals surface area contributed by atoms with E-state index < -0.39 is 46.2 Å². The lowest BCUT2D eigenvalue weighted by Gasteiger charge is -2.43. The molecule has 1 unspecified atom stereocenters. The quantitative estimate of drug-likeness (QED) is 0.453. The zero-order valence-electron chi connectivity index (χ0n) is 13.2. The molecule has 1 aliphatic carbocycles. The van der Waals surface area contributed by atoms with Gasteiger partial charge in [-0.15, -0.1) is 0 Å². The lowest BCUT2D eigenvalue weighted by molar-refractivity contribution is -0.314. The molecule has 0 spiro atoms. The molecule has 0 amide bonds. The summed E-state index contributed by atoms with van der Waals surface area (Å²) in [5.74, 6) is -2.07. The van der Waals surface area contributed by atoms with Crippen LogP contribution in [0, 0.1) is 5.92 Å². The van der Waals surface area contributed by atoms with E-state index in [1.165, 1.54) is 0 Å². The largest absolute Gasteiger partial charge is 0.407 e. The summed E-state index contributed by atoms with van der Waals surface area (Å²) in [6.45, 7) is 0. The molecular formula is C17H10Cl2F6O2. The molecule has 0 aromatic heterocycles. The van der Waals surface area contributed by atoms with Gasteiger partial charge < -0.3 is 0 Å². The summed E-state index contributed by atoms with van der Waals surface area (Å²) in [6, 6.07) is 2.76. The minimum Gasteiger partial charge on any atom is -0.276 e. The van der Waals surface area contributed by atoms with Crippen molar-refractivity contribution in [3.05, 3.63) is 59.2 Å². The van der Waals surface area contributed by atoms with E-state index in [0.29, 0.717) is 18.2 Å². The highest BCUT2D eigenvalue weighted by Gasteiger charge is 2.74. The van der Waals surface area contributed by atoms with Crippen LogP contribution in [-0.2, 0) is 10.2 Å². The van der Waals surface area contributed by atoms with E-state index in [2.05, 4.69) is 0 Å². The Morgan fingerprint density at radius 1 is 0.889 bits per heavy atom. The number of carbonyl (C=O) groups is 2. The van der Waals surface area contributed by atoms with Crippen molar-refractivity contribution in [2.24, 2.45) is 5.92 Å². The Kier molecular flexibility index (Phi) is 5.82. The Morgan fingerprint density at radius 3 is 1.74 bits per heavy atom. The monoisotopic (exact) mass is 430 g/mol. The number of hydrogen-bond acceptors (Lipinski definition) is 2. The first kappa shape index (κ1) is 21.5. The van der Waals surface area contributed by atoms with Crippen molar-refractivity contribution in [2.45, 2.75) is 24.2 Å². The number of rotatable bonds is 4. The van der Waals surface area contributed by atoms with Crippen LogP contribution in [0.4, 0.5) is 26.3 Å². The first-order valence-corrected chi connectivity index (χ1v) is 8.10. The SMILES string of the molecule is O=C(Cl)C1=CCC(C(c2ccc(C(=O)Cl)cc2)(C(F)(F)F)C(F)(F)F)C=C1. The second-order valence-corrected chi connectivity index (χ2v) is 6.48. The Morgan fingerprint density at radius 2 is 1.41 bits per heavy atom. The topological polar surface area (TPSA) is 34.1 Å². The zero-order valence-corrected chi connectivity index (χ0v) is 14.7. The summed E-state index contributed by atoms with van der Waals surface area (Å²) in [4.78, 5) is 22.1. The lowest BCUT2D eigenvalue weighted by Crippen LogP contribution is -2.58. The van der Waals surface area contributed by atoms with Crippen LogP contribution < -0.4 is 0 Å². The third-order valence-corrected chi connectivity index (χ3v) is 4.78. The molecule has 0 saturated carbocycles. The maximum Gasteiger partial charge on any atom is 0.407 e. The second-order valence-electron chi connectivity index (χ2n) is 5.79. The molecule has 27 heavy (non-hydrogen) atoms. The zero-order chi connectivity index (χ0) is 20.6. The number of hydrogen-bond donors (Lipinski definition) is 0. The van der Waals surface area contributed by atoms with Crippen molar-refractivity contribution in [3.63, 3.8) is 0 Å². The molecule has 10 heteroatoms. The van der Waals surface area contributed by atoms with Gasteiger partial charge in [-0.25, -0.2) is 0 Å². The van der Waals surface area contributed by atoms with Crippen molar-refractivity contribution >= 4 is 33.7 Å². The second kappa shape index (κ2) is 7.31. The number of benzene rings is 1. The standard InChI is InChI=1S/C17H10Cl2F6O2/c18-13(26)9-1-5-11(6-2-9)15(16(20,21)22,17(23,24)25)12-7-3-10(4-8-12)14(19)27/h1-7,12H,8H2. The molecule has 0 radical (unpaired) electrons. The lowest BCUT2D eigenvalue weighted by atomic mass is 9.66. The molecule has 2 nitrogen and oxygen atoms in total. The fourth-order valence-corrected chi connectivity index (χ4v) is 3.34. The van der Waals surface area contributed by atoms with Crippen LogP contribution in [0.5, 0.6) is 0 Å². The summed E-state index contributed by atoms with van der Waals surface area (Å²) in [5.41, 5.74) is -5.77. The molecule has 0 aliphatic heterocycles. The highest BCUT2D eigenvalue weighted by molar-refractivity contribution is 6.68. The van der Waals surface area contributed by atoms with Crippen molar-refractivity contribution < 1.29 is 35.9 Å². The van der Waals surface area contributed by atoms with Crippen LogP contribution in [-0.4, -0.2) is 22.8 Å². The van der Waals surface area contributed by atoms with Crippen molar-refractivity contribution in [2.75, 3.05) is 0 Å². The van der Waals surface area contributed by atoms with E-state index in [1.54, 1.807) is 0 Å². The van der Waals surface area contributed by atoms with E-state index in [0.717, 1.165) is 24.3 Å². The average Bonchev–Trinajstić information content (AvgIpc) is 2.53. The van der Waals surface area contributed by atoms with Crippen molar-refractivity contribution in [1.29, 1.82) is 0 Å². The van der Waals surface area contributed by atoms with E-state index >= 15 is 0 Å². The summed E-state index contributed by atoms with van der Waals surface area (Å²) in [6.07, 6.45) is -9.70. The molecule has 1 aromatic rings. The predicted octanol–water partition coefficient (Wildman–Crippen LogP) is 5.70. The first-order chi connectivity index (χ1) is 12.3. The van der Waals surface area contributed by atoms with Gasteiger partial charge in [-0.05, 0) is 47.3 Å². The molecular weight excluding hydrogens is 421 g/mol. The normalized spacial score (nSPS) is 18.2. The number of allylic oxidation sites excluding steroid dienone is 4. The smallest absolute Gasteiger partial charge is 0.276 e. The van der Waals surface area contributed by atoms with Gasteiger partial charge in [0.1, 0.15) is 0 Å². The van der Waals surface area contributed by atoms with Gasteiger partial charge in [-0.3, -0.25) is 9.59 Å². The summed E-state index contributed by atoms with van der Waals surface area (Å²) in [7, 11) is 0. The minimum atomic E-state index is -5.72.